The van der Waals surface area contributed by atoms with E-state index < -0.39 is 48.9 Å². The molecule has 4 rings (SSSR count). The fourth-order valence-electron chi connectivity index (χ4n) is 7.48. The molecule has 0 N–H and O–H groups in total. The summed E-state index contributed by atoms with van der Waals surface area (Å²) in [5.74, 6) is 2.03. The van der Waals surface area contributed by atoms with Gasteiger partial charge in [0.1, 0.15) is 5.75 Å². The number of hydrogen-bond acceptors (Lipinski definition) is 8. The van der Waals surface area contributed by atoms with E-state index in [2.05, 4.69) is 19.1 Å². The largest absolute Gasteiger partial charge is 0.510 e. The molecule has 5 atom stereocenters. The smallest absolute Gasteiger partial charge is 0.405 e. The average Bonchev–Trinajstić information content (AvgIpc) is 3.08. The van der Waals surface area contributed by atoms with Crippen molar-refractivity contribution in [3.63, 3.8) is 0 Å². The minimum atomic E-state index is -3.75. The molecule has 0 spiro atoms. The predicted octanol–water partition coefficient (Wildman–Crippen LogP) is 10.9. The molecule has 3 aliphatic carbocycles. The molecule has 2 saturated carbocycles. The lowest BCUT2D eigenvalue weighted by Gasteiger charge is -2.51. The van der Waals surface area contributed by atoms with E-state index >= 15 is 0 Å². The second kappa shape index (κ2) is 12.6. The summed E-state index contributed by atoms with van der Waals surface area (Å²) in [5, 5.41) is 0. The molecule has 44 heavy (non-hydrogen) atoms. The molecule has 3 aliphatic rings. The molecule has 0 amide bonds. The lowest BCUT2D eigenvalue weighted by molar-refractivity contribution is -0.0203. The van der Waals surface area contributed by atoms with Crippen LogP contribution in [0.3, 0.4) is 0 Å². The summed E-state index contributed by atoms with van der Waals surface area (Å²) in [6, 6.07) is 6.19. The molecule has 0 unspecified atom stereocenters. The molecule has 1 aromatic carbocycles. The first-order valence-corrected chi connectivity index (χ1v) is 32.9. The second-order valence-electron chi connectivity index (χ2n) is 17.3. The molecule has 0 bridgehead atoms. The molecule has 0 heterocycles. The van der Waals surface area contributed by atoms with Gasteiger partial charge in [-0.05, 0) is 164 Å². The maximum absolute atomic E-state index is 14.1. The fraction of sp³-hybridized carbons (Fsp3) is 0.800. The molecule has 0 saturated heterocycles. The van der Waals surface area contributed by atoms with Crippen molar-refractivity contribution in [2.24, 2.45) is 17.3 Å². The van der Waals surface area contributed by atoms with Crippen molar-refractivity contribution >= 4 is 48.9 Å². The lowest BCUT2D eigenvalue weighted by atomic mass is 9.55. The molecule has 1 aromatic rings. The van der Waals surface area contributed by atoms with Crippen LogP contribution >= 0.6 is 15.6 Å². The monoisotopic (exact) mass is 720 g/mol. The van der Waals surface area contributed by atoms with Crippen LogP contribution in [0.5, 0.6) is 5.75 Å². The molecule has 8 nitrogen and oxygen atoms in total. The van der Waals surface area contributed by atoms with E-state index in [1.807, 2.05) is 84.6 Å². The van der Waals surface area contributed by atoms with E-state index in [1.54, 1.807) is 0 Å². The molecule has 14 heteroatoms. The Balaban J connectivity index is 1.53. The van der Waals surface area contributed by atoms with Crippen LogP contribution < -0.4 is 4.52 Å². The Morgan fingerprint density at radius 1 is 0.705 bits per heavy atom. The van der Waals surface area contributed by atoms with Gasteiger partial charge in [0.2, 0.25) is 0 Å². The first-order chi connectivity index (χ1) is 19.8. The summed E-state index contributed by atoms with van der Waals surface area (Å²) in [7, 11) is -16.2. The minimum absolute atomic E-state index is 0.0714. The van der Waals surface area contributed by atoms with E-state index in [-0.39, 0.29) is 11.5 Å². The van der Waals surface area contributed by atoms with Gasteiger partial charge in [0.05, 0.1) is 6.10 Å². The Morgan fingerprint density at radius 3 is 1.75 bits per heavy atom. The first kappa shape index (κ1) is 37.0. The molecular formula is C30H58O8P2Si4. The Kier molecular flexibility index (Phi) is 10.5. The summed E-state index contributed by atoms with van der Waals surface area (Å²) < 4.78 is 64.9. The van der Waals surface area contributed by atoms with Gasteiger partial charge in [0.25, 0.3) is 0 Å². The highest BCUT2D eigenvalue weighted by Crippen LogP contribution is 2.66. The number of rotatable bonds is 12. The van der Waals surface area contributed by atoms with Crippen molar-refractivity contribution in [1.82, 2.24) is 0 Å². The third kappa shape index (κ3) is 9.40. The molecule has 252 valence electrons. The van der Waals surface area contributed by atoms with E-state index in [0.29, 0.717) is 23.5 Å². The van der Waals surface area contributed by atoms with Gasteiger partial charge in [-0.15, -0.1) is 0 Å². The standard InChI is InChI=1S/C30H58O8P2Si4/c1-30-21-20-26-25-17-15-24(33-39(31,35-41(2,3)4)36-42(5,6)7)22-23(25)14-16-27(26)28(30)18-19-29(30)34-40(32,37-43(8,9)10)38-44(11,12)13/h15,17,22,26-29H,14,16,18-21H2,1-13H3/t26-,27-,28+,29+,30+/m1/s1. The number of aryl methyl sites for hydroxylation is 1. The van der Waals surface area contributed by atoms with E-state index in [1.165, 1.54) is 11.1 Å². The first-order valence-electron chi connectivity index (χ1n) is 16.3. The van der Waals surface area contributed by atoms with Gasteiger partial charge in [-0.1, -0.05) is 13.0 Å². The zero-order chi connectivity index (χ0) is 33.1. The quantitative estimate of drug-likeness (QED) is 0.156. The summed E-state index contributed by atoms with van der Waals surface area (Å²) in [4.78, 5) is 0. The highest BCUT2D eigenvalue weighted by atomic mass is 31.2. The SMILES string of the molecule is C[C@]12CC[C@@H]3c4ccc(OP(=O)(O[Si](C)(C)C)O[Si](C)(C)C)cc4CC[C@H]3[C@@H]1CC[C@@H]2OP(=O)(O[Si](C)(C)C)O[Si](C)(C)C. The molecule has 0 aliphatic heterocycles. The summed E-state index contributed by atoms with van der Waals surface area (Å²) in [6.07, 6.45) is 5.87. The van der Waals surface area contributed by atoms with Crippen LogP contribution in [-0.4, -0.2) is 39.4 Å². The number of hydrogen-bond donors (Lipinski definition) is 0. The van der Waals surface area contributed by atoms with Gasteiger partial charge in [-0.2, -0.15) is 0 Å². The highest BCUT2D eigenvalue weighted by Gasteiger charge is 2.57. The maximum atomic E-state index is 14.1. The number of benzene rings is 1. The topological polar surface area (TPSA) is 89.5 Å². The van der Waals surface area contributed by atoms with Crippen molar-refractivity contribution in [1.29, 1.82) is 0 Å². The predicted molar refractivity (Wildman–Crippen MR) is 189 cm³/mol. The van der Waals surface area contributed by atoms with Crippen LogP contribution in [0.4, 0.5) is 0 Å². The Morgan fingerprint density at radius 2 is 1.23 bits per heavy atom. The molecule has 0 radical (unpaired) electrons. The van der Waals surface area contributed by atoms with Crippen molar-refractivity contribution in [2.45, 2.75) is 136 Å². The third-order valence-corrected chi connectivity index (χ3v) is 21.9. The van der Waals surface area contributed by atoms with Gasteiger partial charge in [-0.25, -0.2) is 9.13 Å². The van der Waals surface area contributed by atoms with Crippen molar-refractivity contribution in [3.05, 3.63) is 29.3 Å². The maximum Gasteiger partial charge on any atom is 0.510 e. The van der Waals surface area contributed by atoms with Gasteiger partial charge in [-0.3, -0.25) is 4.52 Å². The van der Waals surface area contributed by atoms with Crippen LogP contribution in [-0.2, 0) is 36.9 Å². The zero-order valence-corrected chi connectivity index (χ0v) is 35.2. The third-order valence-electron chi connectivity index (χ3n) is 8.63. The second-order valence-corrected chi connectivity index (χ2v) is 39.3. The summed E-state index contributed by atoms with van der Waals surface area (Å²) in [5.41, 5.74) is 2.57. The van der Waals surface area contributed by atoms with Crippen LogP contribution in [0.15, 0.2) is 18.2 Å². The van der Waals surface area contributed by atoms with Crippen molar-refractivity contribution < 1.29 is 35.0 Å². The van der Waals surface area contributed by atoms with Gasteiger partial charge in [0, 0.05) is 0 Å². The number of fused-ring (bicyclic) bond motifs is 5. The van der Waals surface area contributed by atoms with E-state index in [0.717, 1.165) is 38.5 Å². The van der Waals surface area contributed by atoms with Crippen LogP contribution in [0.25, 0.3) is 0 Å². The van der Waals surface area contributed by atoms with Gasteiger partial charge >= 0.3 is 15.6 Å². The Bertz CT molecular complexity index is 1260. The van der Waals surface area contributed by atoms with Gasteiger partial charge in [0.15, 0.2) is 33.3 Å². The normalized spacial score (nSPS) is 28.3. The van der Waals surface area contributed by atoms with Crippen LogP contribution in [0.1, 0.15) is 56.1 Å². The van der Waals surface area contributed by atoms with Crippen molar-refractivity contribution in [3.8, 4) is 5.75 Å². The molecule has 0 aromatic heterocycles. The van der Waals surface area contributed by atoms with Crippen molar-refractivity contribution in [2.75, 3.05) is 0 Å². The lowest BCUT2D eigenvalue weighted by Crippen LogP contribution is -2.45. The zero-order valence-electron chi connectivity index (χ0n) is 29.4. The van der Waals surface area contributed by atoms with Crippen LogP contribution in [0, 0.1) is 17.3 Å². The highest BCUT2D eigenvalue weighted by molar-refractivity contribution is 7.52. The average molecular weight is 721 g/mol. The minimum Gasteiger partial charge on any atom is -0.405 e. The molecule has 2 fully saturated rings. The Labute approximate surface area is 271 Å². The van der Waals surface area contributed by atoms with E-state index in [9.17, 15) is 9.13 Å². The fourth-order valence-corrected chi connectivity index (χ4v) is 20.9. The summed E-state index contributed by atoms with van der Waals surface area (Å²) in [6.45, 7) is 26.5. The van der Waals surface area contributed by atoms with Crippen LogP contribution in [0.2, 0.25) is 78.6 Å². The number of phosphoric acid groups is 2. The summed E-state index contributed by atoms with van der Waals surface area (Å²) >= 11 is 0. The van der Waals surface area contributed by atoms with E-state index in [4.69, 9.17) is 25.9 Å². The molecular weight excluding hydrogens is 663 g/mol. The Hall–Kier alpha value is 0.148. The van der Waals surface area contributed by atoms with Gasteiger partial charge < -0.3 is 21.4 Å².